The zero-order chi connectivity index (χ0) is 29.8. The highest BCUT2D eigenvalue weighted by Gasteiger charge is 2.44. The molecule has 0 spiro atoms. The number of amides is 1. The minimum absolute atomic E-state index is 0.0181. The van der Waals surface area contributed by atoms with Crippen molar-refractivity contribution in [2.24, 2.45) is 0 Å². The maximum absolute atomic E-state index is 13.9. The summed E-state index contributed by atoms with van der Waals surface area (Å²) in [4.78, 5) is 31.3. The fourth-order valence-electron chi connectivity index (χ4n) is 5.69. The number of para-hydroxylation sites is 1. The predicted octanol–water partition coefficient (Wildman–Crippen LogP) is 5.32. The van der Waals surface area contributed by atoms with Gasteiger partial charge in [0.25, 0.3) is 5.91 Å². The summed E-state index contributed by atoms with van der Waals surface area (Å²) in [5.74, 6) is -0.649. The van der Waals surface area contributed by atoms with E-state index in [4.69, 9.17) is 18.6 Å². The molecule has 0 unspecified atom stereocenters. The van der Waals surface area contributed by atoms with Gasteiger partial charge in [0.2, 0.25) is 5.78 Å². The number of hydrogen-bond acceptors (Lipinski definition) is 8. The highest BCUT2D eigenvalue weighted by atomic mass is 16.5. The number of carbonyl (C=O) groups is 2. The molecular formula is C34H34N2O7. The molecule has 2 aliphatic heterocycles. The number of aliphatic hydroxyl groups is 1. The quantitative estimate of drug-likeness (QED) is 0.237. The topological polar surface area (TPSA) is 102 Å². The lowest BCUT2D eigenvalue weighted by molar-refractivity contribution is -0.129. The second-order valence-electron chi connectivity index (χ2n) is 10.6. The third-order valence-electron chi connectivity index (χ3n) is 7.92. The van der Waals surface area contributed by atoms with Crippen molar-refractivity contribution in [2.45, 2.75) is 19.1 Å². The van der Waals surface area contributed by atoms with Crippen molar-refractivity contribution in [1.82, 2.24) is 9.80 Å². The Balaban J connectivity index is 1.31. The third-order valence-corrected chi connectivity index (χ3v) is 7.92. The van der Waals surface area contributed by atoms with Gasteiger partial charge in [-0.3, -0.25) is 14.5 Å². The van der Waals surface area contributed by atoms with Crippen molar-refractivity contribution < 1.29 is 33.3 Å². The first-order valence-electron chi connectivity index (χ1n) is 14.5. The first-order chi connectivity index (χ1) is 21.0. The van der Waals surface area contributed by atoms with Crippen LogP contribution in [0.2, 0.25) is 0 Å². The summed E-state index contributed by atoms with van der Waals surface area (Å²) >= 11 is 0. The molecule has 3 heterocycles. The van der Waals surface area contributed by atoms with Crippen LogP contribution < -0.4 is 9.47 Å². The number of ether oxygens (including phenoxy) is 3. The van der Waals surface area contributed by atoms with E-state index in [-0.39, 0.29) is 11.3 Å². The van der Waals surface area contributed by atoms with Crippen LogP contribution in [-0.2, 0) is 16.1 Å². The first kappa shape index (κ1) is 28.5. The number of hydrogen-bond donors (Lipinski definition) is 1. The van der Waals surface area contributed by atoms with E-state index < -0.39 is 23.5 Å². The van der Waals surface area contributed by atoms with Gasteiger partial charge in [0.15, 0.2) is 23.0 Å². The molecule has 9 nitrogen and oxygen atoms in total. The molecule has 1 amide bonds. The average molecular weight is 583 g/mol. The molecule has 3 aromatic carbocycles. The molecule has 0 bridgehead atoms. The Bertz CT molecular complexity index is 1610. The minimum atomic E-state index is -0.838. The SMILES string of the molecule is COc1cc([C@@H]2C(C(=O)c3cc4ccccc4o3)=C(O)C(=O)N2CCCN2CCOCC2)ccc1OCc1ccccc1. The molecule has 0 aliphatic carbocycles. The van der Waals surface area contributed by atoms with Gasteiger partial charge in [0.05, 0.1) is 31.9 Å². The van der Waals surface area contributed by atoms with Gasteiger partial charge in [-0.15, -0.1) is 0 Å². The van der Waals surface area contributed by atoms with Crippen molar-refractivity contribution >= 4 is 22.7 Å². The molecule has 2 aliphatic rings. The largest absolute Gasteiger partial charge is 0.503 e. The van der Waals surface area contributed by atoms with Crippen LogP contribution in [0.15, 0.2) is 94.6 Å². The lowest BCUT2D eigenvalue weighted by atomic mass is 9.94. The van der Waals surface area contributed by atoms with Crippen molar-refractivity contribution in [3.05, 3.63) is 107 Å². The van der Waals surface area contributed by atoms with E-state index in [0.717, 1.165) is 30.6 Å². The van der Waals surface area contributed by atoms with Crippen LogP contribution in [0.4, 0.5) is 0 Å². The summed E-state index contributed by atoms with van der Waals surface area (Å²) in [6, 6.07) is 23.2. The maximum atomic E-state index is 13.9. The molecule has 1 saturated heterocycles. The van der Waals surface area contributed by atoms with Crippen LogP contribution >= 0.6 is 0 Å². The number of morpholine rings is 1. The normalized spacial score (nSPS) is 17.6. The standard InChI is InChI=1S/C34H34N2O7/c1-40-28-21-25(12-13-27(28)42-22-23-8-3-2-4-9-23)31-30(32(37)29-20-24-10-5-6-11-26(24)43-29)33(38)34(39)36(31)15-7-14-35-16-18-41-19-17-35/h2-6,8-13,20-21,31,38H,7,14-19,22H2,1H3/t31-/m1/s1. The number of nitrogens with zero attached hydrogens (tertiary/aromatic N) is 2. The summed E-state index contributed by atoms with van der Waals surface area (Å²) in [6.07, 6.45) is 0.664. The number of Topliss-reactive ketones (excluding diaryl/α,β-unsaturated/α-hetero) is 1. The molecule has 9 heteroatoms. The molecular weight excluding hydrogens is 548 g/mol. The Kier molecular flexibility index (Phi) is 8.44. The molecule has 1 aromatic heterocycles. The van der Waals surface area contributed by atoms with E-state index in [0.29, 0.717) is 55.4 Å². The molecule has 0 radical (unpaired) electrons. The first-order valence-corrected chi connectivity index (χ1v) is 14.5. The molecule has 1 fully saturated rings. The van der Waals surface area contributed by atoms with Gasteiger partial charge < -0.3 is 28.6 Å². The number of methoxy groups -OCH3 is 1. The van der Waals surface area contributed by atoms with Crippen LogP contribution in [0.5, 0.6) is 11.5 Å². The van der Waals surface area contributed by atoms with Crippen molar-refractivity contribution in [3.63, 3.8) is 0 Å². The van der Waals surface area contributed by atoms with Gasteiger partial charge in [-0.05, 0) is 41.8 Å². The summed E-state index contributed by atoms with van der Waals surface area (Å²) in [7, 11) is 1.54. The van der Waals surface area contributed by atoms with E-state index in [1.54, 1.807) is 42.3 Å². The number of rotatable bonds is 11. The number of ketones is 1. The highest BCUT2D eigenvalue weighted by molar-refractivity contribution is 6.16. The minimum Gasteiger partial charge on any atom is -0.503 e. The Hall–Kier alpha value is -4.60. The summed E-state index contributed by atoms with van der Waals surface area (Å²) in [5, 5.41) is 11.9. The molecule has 1 atom stereocenters. The third kappa shape index (κ3) is 6.00. The van der Waals surface area contributed by atoms with Gasteiger partial charge >= 0.3 is 0 Å². The molecule has 222 valence electrons. The highest BCUT2D eigenvalue weighted by Crippen LogP contribution is 2.42. The molecule has 0 saturated carbocycles. The Morgan fingerprint density at radius 3 is 2.49 bits per heavy atom. The summed E-state index contributed by atoms with van der Waals surface area (Å²) in [6.45, 7) is 4.49. The maximum Gasteiger partial charge on any atom is 0.290 e. The smallest absolute Gasteiger partial charge is 0.290 e. The van der Waals surface area contributed by atoms with Gasteiger partial charge in [-0.2, -0.15) is 0 Å². The molecule has 6 rings (SSSR count). The van der Waals surface area contributed by atoms with Gasteiger partial charge in [0, 0.05) is 31.6 Å². The van der Waals surface area contributed by atoms with E-state index in [9.17, 15) is 14.7 Å². The fraction of sp³-hybridized carbons (Fsp3) is 0.294. The molecule has 43 heavy (non-hydrogen) atoms. The van der Waals surface area contributed by atoms with Crippen LogP contribution in [0.3, 0.4) is 0 Å². The van der Waals surface area contributed by atoms with Crippen molar-refractivity contribution in [2.75, 3.05) is 46.5 Å². The summed E-state index contributed by atoms with van der Waals surface area (Å²) < 4.78 is 23.0. The Morgan fingerprint density at radius 1 is 0.953 bits per heavy atom. The zero-order valence-corrected chi connectivity index (χ0v) is 24.0. The average Bonchev–Trinajstić information content (AvgIpc) is 3.59. The fourth-order valence-corrected chi connectivity index (χ4v) is 5.69. The van der Waals surface area contributed by atoms with Crippen LogP contribution in [0, 0.1) is 0 Å². The van der Waals surface area contributed by atoms with Gasteiger partial charge in [-0.25, -0.2) is 0 Å². The predicted molar refractivity (Wildman–Crippen MR) is 160 cm³/mol. The lowest BCUT2D eigenvalue weighted by Crippen LogP contribution is -2.39. The second-order valence-corrected chi connectivity index (χ2v) is 10.6. The van der Waals surface area contributed by atoms with Gasteiger partial charge in [-0.1, -0.05) is 54.6 Å². The van der Waals surface area contributed by atoms with E-state index in [1.165, 1.54) is 0 Å². The number of benzene rings is 3. The van der Waals surface area contributed by atoms with E-state index >= 15 is 0 Å². The van der Waals surface area contributed by atoms with Crippen molar-refractivity contribution in [1.29, 1.82) is 0 Å². The zero-order valence-electron chi connectivity index (χ0n) is 24.0. The monoisotopic (exact) mass is 582 g/mol. The Morgan fingerprint density at radius 2 is 1.72 bits per heavy atom. The number of furan rings is 1. The van der Waals surface area contributed by atoms with Crippen molar-refractivity contribution in [3.8, 4) is 11.5 Å². The van der Waals surface area contributed by atoms with E-state index in [1.807, 2.05) is 48.5 Å². The number of carbonyl (C=O) groups excluding carboxylic acids is 2. The number of fused-ring (bicyclic) bond motifs is 1. The second kappa shape index (κ2) is 12.7. The van der Waals surface area contributed by atoms with E-state index in [2.05, 4.69) is 4.90 Å². The van der Waals surface area contributed by atoms with Gasteiger partial charge in [0.1, 0.15) is 12.2 Å². The summed E-state index contributed by atoms with van der Waals surface area (Å²) in [5.41, 5.74) is 2.16. The number of aliphatic hydroxyl groups excluding tert-OH is 1. The Labute approximate surface area is 249 Å². The van der Waals surface area contributed by atoms with Crippen LogP contribution in [0.25, 0.3) is 11.0 Å². The van der Waals surface area contributed by atoms with Crippen LogP contribution in [-0.4, -0.2) is 73.1 Å². The van der Waals surface area contributed by atoms with Crippen LogP contribution in [0.1, 0.15) is 34.1 Å². The lowest BCUT2D eigenvalue weighted by Gasteiger charge is -2.30. The molecule has 1 N–H and O–H groups in total. The molecule has 4 aromatic rings.